The van der Waals surface area contributed by atoms with E-state index in [2.05, 4.69) is 10.6 Å². The summed E-state index contributed by atoms with van der Waals surface area (Å²) >= 11 is 0. The number of hydrogen-bond acceptors (Lipinski definition) is 8. The fourth-order valence-corrected chi connectivity index (χ4v) is 2.47. The third-order valence-corrected chi connectivity index (χ3v) is 3.78. The molecule has 33 heavy (non-hydrogen) atoms. The van der Waals surface area contributed by atoms with E-state index in [1.165, 1.54) is 26.4 Å². The van der Waals surface area contributed by atoms with Crippen LogP contribution in [0.2, 0.25) is 0 Å². The monoisotopic (exact) mass is 464 g/mol. The topological polar surface area (TPSA) is 129 Å². The summed E-state index contributed by atoms with van der Waals surface area (Å²) in [5.41, 5.74) is -0.588. The quantitative estimate of drug-likeness (QED) is 0.259. The summed E-state index contributed by atoms with van der Waals surface area (Å²) in [5.74, 6) is -2.06. The van der Waals surface area contributed by atoms with Crippen molar-refractivity contribution in [3.8, 4) is 0 Å². The van der Waals surface area contributed by atoms with E-state index in [1.807, 2.05) is 0 Å². The van der Waals surface area contributed by atoms with E-state index in [9.17, 15) is 19.2 Å². The zero-order chi connectivity index (χ0) is 25.4. The van der Waals surface area contributed by atoms with Gasteiger partial charge >= 0.3 is 12.1 Å². The molecule has 0 radical (unpaired) electrons. The van der Waals surface area contributed by atoms with Gasteiger partial charge in [-0.2, -0.15) is 0 Å². The molecule has 10 nitrogen and oxygen atoms in total. The number of nitrogens with one attached hydrogen (secondary N) is 2. The average Bonchev–Trinajstić information content (AvgIpc) is 2.68. The van der Waals surface area contributed by atoms with Crippen LogP contribution in [0.15, 0.2) is 29.7 Å². The fourth-order valence-electron chi connectivity index (χ4n) is 2.47. The van der Waals surface area contributed by atoms with Crippen LogP contribution < -0.4 is 10.6 Å². The van der Waals surface area contributed by atoms with Crippen LogP contribution in [0.4, 0.5) is 10.5 Å². The first-order chi connectivity index (χ1) is 15.2. The molecule has 0 spiro atoms. The minimum absolute atomic E-state index is 0.0179. The van der Waals surface area contributed by atoms with Gasteiger partial charge in [0.05, 0.1) is 19.8 Å². The molecule has 0 fully saturated rings. The second-order valence-corrected chi connectivity index (χ2v) is 8.90. The van der Waals surface area contributed by atoms with Crippen molar-refractivity contribution in [1.29, 1.82) is 0 Å². The van der Waals surface area contributed by atoms with E-state index >= 15 is 0 Å². The number of allylic oxidation sites excluding steroid dienone is 1. The Hall–Kier alpha value is -3.56. The third kappa shape index (κ3) is 9.22. The number of anilines is 1. The summed E-state index contributed by atoms with van der Waals surface area (Å²) in [7, 11) is 2.43. The zero-order valence-corrected chi connectivity index (χ0v) is 20.3. The number of esters is 1. The highest BCUT2D eigenvalue weighted by atomic mass is 16.6. The lowest BCUT2D eigenvalue weighted by Gasteiger charge is -2.21. The molecule has 0 aliphatic rings. The lowest BCUT2D eigenvalue weighted by Crippen LogP contribution is -2.32. The van der Waals surface area contributed by atoms with Crippen LogP contribution in [-0.4, -0.2) is 49.7 Å². The van der Waals surface area contributed by atoms with Crippen molar-refractivity contribution in [1.82, 2.24) is 5.32 Å². The molecule has 0 saturated heterocycles. The van der Waals surface area contributed by atoms with E-state index in [0.29, 0.717) is 11.8 Å². The summed E-state index contributed by atoms with van der Waals surface area (Å²) in [6, 6.07) is 4.47. The van der Waals surface area contributed by atoms with Gasteiger partial charge in [0.2, 0.25) is 11.5 Å². The number of ether oxygens (including phenoxy) is 4. The smallest absolute Gasteiger partial charge is 0.407 e. The lowest BCUT2D eigenvalue weighted by atomic mass is 10.1. The number of rotatable bonds is 8. The van der Waals surface area contributed by atoms with E-state index in [4.69, 9.17) is 18.9 Å². The first kappa shape index (κ1) is 27.5. The average molecular weight is 465 g/mol. The number of amides is 2. The summed E-state index contributed by atoms with van der Waals surface area (Å²) in [6.07, 6.45) is -0.323. The molecule has 0 aliphatic heterocycles. The van der Waals surface area contributed by atoms with Gasteiger partial charge in [-0.3, -0.25) is 9.59 Å². The van der Waals surface area contributed by atoms with Gasteiger partial charge in [-0.25, -0.2) is 9.59 Å². The Labute approximate surface area is 193 Å². The Morgan fingerprint density at radius 1 is 0.939 bits per heavy atom. The van der Waals surface area contributed by atoms with Gasteiger partial charge in [-0.15, -0.1) is 0 Å². The molecular weight excluding hydrogens is 432 g/mol. The molecule has 0 aliphatic carbocycles. The first-order valence-corrected chi connectivity index (χ1v) is 10.1. The summed E-state index contributed by atoms with van der Waals surface area (Å²) < 4.78 is 20.5. The number of alkyl carbamates (subject to hydrolysis) is 1. The van der Waals surface area contributed by atoms with Gasteiger partial charge in [-0.1, -0.05) is 6.07 Å². The molecular formula is C23H32N2O8. The van der Waals surface area contributed by atoms with Crippen molar-refractivity contribution in [3.05, 3.63) is 40.8 Å². The first-order valence-electron chi connectivity index (χ1n) is 10.1. The van der Waals surface area contributed by atoms with Crippen molar-refractivity contribution in [2.24, 2.45) is 0 Å². The van der Waals surface area contributed by atoms with Crippen LogP contribution in [-0.2, 0) is 35.1 Å². The molecule has 0 unspecified atom stereocenters. The Bertz CT molecular complexity index is 923. The maximum atomic E-state index is 12.7. The molecule has 0 heterocycles. The number of methoxy groups -OCH3 is 2. The molecule has 0 bridgehead atoms. The van der Waals surface area contributed by atoms with Crippen LogP contribution in [0.3, 0.4) is 0 Å². The van der Waals surface area contributed by atoms with Crippen LogP contribution >= 0.6 is 0 Å². The highest BCUT2D eigenvalue weighted by molar-refractivity contribution is 6.06. The summed E-state index contributed by atoms with van der Waals surface area (Å²) in [4.78, 5) is 48.4. The van der Waals surface area contributed by atoms with Gasteiger partial charge in [0.1, 0.15) is 11.2 Å². The maximum absolute atomic E-state index is 12.7. The van der Waals surface area contributed by atoms with Crippen LogP contribution in [0.5, 0.6) is 0 Å². The number of carbonyl (C=O) groups is 4. The Morgan fingerprint density at radius 3 is 2.03 bits per heavy atom. The van der Waals surface area contributed by atoms with Crippen molar-refractivity contribution >= 4 is 29.9 Å². The molecule has 0 saturated carbocycles. The molecule has 0 atom stereocenters. The van der Waals surface area contributed by atoms with E-state index in [-0.39, 0.29) is 29.3 Å². The van der Waals surface area contributed by atoms with Gasteiger partial charge in [0.15, 0.2) is 6.29 Å². The fraction of sp³-hybridized carbons (Fsp3) is 0.478. The largest absolute Gasteiger partial charge is 0.490 e. The molecule has 2 amide bonds. The Balaban J connectivity index is 3.29. The Kier molecular flexibility index (Phi) is 9.45. The van der Waals surface area contributed by atoms with Gasteiger partial charge in [0.25, 0.3) is 5.91 Å². The number of hydrogen-bond donors (Lipinski definition) is 2. The highest BCUT2D eigenvalue weighted by Gasteiger charge is 2.22. The number of carbonyl (C=O) groups excluding carboxylic acids is 4. The molecule has 2 N–H and O–H groups in total. The predicted octanol–water partition coefficient (Wildman–Crippen LogP) is 3.31. The number of aldehydes is 1. The Morgan fingerprint density at radius 2 is 1.55 bits per heavy atom. The molecule has 1 rings (SSSR count). The van der Waals surface area contributed by atoms with Gasteiger partial charge < -0.3 is 29.6 Å². The van der Waals surface area contributed by atoms with Crippen molar-refractivity contribution < 1.29 is 38.1 Å². The van der Waals surface area contributed by atoms with Gasteiger partial charge in [-0.05, 0) is 59.2 Å². The molecule has 1 aromatic rings. The minimum Gasteiger partial charge on any atom is -0.490 e. The van der Waals surface area contributed by atoms with Crippen molar-refractivity contribution in [2.75, 3.05) is 19.5 Å². The third-order valence-electron chi connectivity index (χ3n) is 3.78. The second-order valence-electron chi connectivity index (χ2n) is 8.90. The highest BCUT2D eigenvalue weighted by Crippen LogP contribution is 2.22. The molecule has 182 valence electrons. The molecule has 0 aromatic heterocycles. The zero-order valence-electron chi connectivity index (χ0n) is 20.3. The normalized spacial score (nSPS) is 12.1. The minimum atomic E-state index is -0.790. The number of benzene rings is 1. The molecule has 1 aromatic carbocycles. The summed E-state index contributed by atoms with van der Waals surface area (Å²) in [6.45, 7) is 10.4. The van der Waals surface area contributed by atoms with Crippen LogP contribution in [0.1, 0.15) is 57.5 Å². The lowest BCUT2D eigenvalue weighted by molar-refractivity contribution is -0.117. The summed E-state index contributed by atoms with van der Waals surface area (Å²) in [5, 5.41) is 5.17. The van der Waals surface area contributed by atoms with E-state index < -0.39 is 29.2 Å². The van der Waals surface area contributed by atoms with Crippen LogP contribution in [0, 0.1) is 0 Å². The second kappa shape index (κ2) is 11.3. The predicted molar refractivity (Wildman–Crippen MR) is 120 cm³/mol. The van der Waals surface area contributed by atoms with E-state index in [0.717, 1.165) is 0 Å². The van der Waals surface area contributed by atoms with E-state index in [1.54, 1.807) is 47.6 Å². The van der Waals surface area contributed by atoms with Gasteiger partial charge in [0, 0.05) is 12.2 Å². The molecule has 10 heteroatoms. The van der Waals surface area contributed by atoms with Crippen molar-refractivity contribution in [3.63, 3.8) is 0 Å². The van der Waals surface area contributed by atoms with Crippen LogP contribution in [0.25, 0.3) is 0 Å². The standard InChI is InChI=1S/C23H32N2O8/c1-22(2,3)32-20(28)14-9-10-15(12-24-21(29)33-23(4,5)6)16(11-14)25-19(27)18(31-8)17(13-26)30-7/h9-11,13H,12H2,1-8H3,(H,24,29)(H,25,27)/b18-17+. The van der Waals surface area contributed by atoms with Crippen molar-refractivity contribution in [2.45, 2.75) is 59.3 Å². The SMILES string of the molecule is CO/C(C=O)=C(/OC)C(=O)Nc1cc(C(=O)OC(C)(C)C)ccc1CNC(=O)OC(C)(C)C. The maximum Gasteiger partial charge on any atom is 0.407 e.